The number of nitrogens with zero attached hydrogens (tertiary/aromatic N) is 2. The molecule has 0 atom stereocenters. The van der Waals surface area contributed by atoms with E-state index in [-0.39, 0.29) is 24.3 Å². The van der Waals surface area contributed by atoms with Crippen molar-refractivity contribution in [1.82, 2.24) is 9.80 Å². The Hall–Kier alpha value is -2.57. The topological polar surface area (TPSA) is 87.2 Å². The van der Waals surface area contributed by atoms with Crippen molar-refractivity contribution in [3.8, 4) is 5.75 Å². The highest BCUT2D eigenvalue weighted by Crippen LogP contribution is 2.30. The maximum absolute atomic E-state index is 12.8. The molecule has 0 bridgehead atoms. The molecule has 7 heteroatoms. The second kappa shape index (κ2) is 8.41. The highest BCUT2D eigenvalue weighted by Gasteiger charge is 2.28. The molecule has 3 rings (SSSR count). The first-order chi connectivity index (χ1) is 13.0. The van der Waals surface area contributed by atoms with Crippen molar-refractivity contribution in [3.63, 3.8) is 0 Å². The number of carbonyl (C=O) groups is 3. The summed E-state index contributed by atoms with van der Waals surface area (Å²) in [6.07, 6.45) is 3.25. The average Bonchev–Trinajstić information content (AvgIpc) is 3.50. The van der Waals surface area contributed by atoms with E-state index in [2.05, 4.69) is 0 Å². The van der Waals surface area contributed by atoms with E-state index in [4.69, 9.17) is 9.84 Å². The van der Waals surface area contributed by atoms with E-state index in [0.29, 0.717) is 49.8 Å². The molecule has 2 amide bonds. The summed E-state index contributed by atoms with van der Waals surface area (Å²) in [5.41, 5.74) is 0.457. The summed E-state index contributed by atoms with van der Waals surface area (Å²) >= 11 is 0. The van der Waals surface area contributed by atoms with E-state index >= 15 is 0 Å². The zero-order chi connectivity index (χ0) is 19.4. The Morgan fingerprint density at radius 2 is 1.81 bits per heavy atom. The van der Waals surface area contributed by atoms with Crippen LogP contribution in [0.5, 0.6) is 5.75 Å². The van der Waals surface area contributed by atoms with Gasteiger partial charge < -0.3 is 19.6 Å². The Bertz CT molecular complexity index is 708. The number of carboxylic acid groups (broad SMARTS) is 1. The van der Waals surface area contributed by atoms with Crippen LogP contribution in [0.25, 0.3) is 0 Å². The van der Waals surface area contributed by atoms with Crippen molar-refractivity contribution >= 4 is 17.8 Å². The monoisotopic (exact) mass is 374 g/mol. The average molecular weight is 374 g/mol. The number of amides is 2. The fourth-order valence-corrected chi connectivity index (χ4v) is 3.22. The number of carboxylic acids is 1. The maximum Gasteiger partial charge on any atom is 0.306 e. The fourth-order valence-electron chi connectivity index (χ4n) is 3.22. The third-order valence-electron chi connectivity index (χ3n) is 5.20. The molecule has 1 aliphatic heterocycles. The maximum atomic E-state index is 12.8. The molecule has 146 valence electrons. The first-order valence-electron chi connectivity index (χ1n) is 9.43. The number of para-hydroxylation sites is 1. The number of benzene rings is 1. The lowest BCUT2D eigenvalue weighted by molar-refractivity contribution is -0.145. The van der Waals surface area contributed by atoms with Crippen LogP contribution in [0.4, 0.5) is 0 Å². The fraction of sp³-hybridized carbons (Fsp3) is 0.550. The second-order valence-electron chi connectivity index (χ2n) is 7.41. The minimum absolute atomic E-state index is 0.0342. The first kappa shape index (κ1) is 19.2. The predicted molar refractivity (Wildman–Crippen MR) is 98.6 cm³/mol. The molecule has 1 heterocycles. The lowest BCUT2D eigenvalue weighted by Gasteiger charge is -2.31. The molecule has 1 N–H and O–H groups in total. The largest absolute Gasteiger partial charge is 0.492 e. The van der Waals surface area contributed by atoms with Crippen LogP contribution < -0.4 is 4.74 Å². The van der Waals surface area contributed by atoms with Gasteiger partial charge in [-0.05, 0) is 43.7 Å². The lowest BCUT2D eigenvalue weighted by atomic mass is 9.97. The molecule has 1 aliphatic carbocycles. The Kier molecular flexibility index (Phi) is 5.98. The van der Waals surface area contributed by atoms with Gasteiger partial charge in [0.25, 0.3) is 5.91 Å². The molecule has 1 aromatic rings. The highest BCUT2D eigenvalue weighted by atomic mass is 16.5. The molecule has 27 heavy (non-hydrogen) atoms. The molecular weight excluding hydrogens is 348 g/mol. The predicted octanol–water partition coefficient (Wildman–Crippen LogP) is 1.87. The summed E-state index contributed by atoms with van der Waals surface area (Å²) in [6.45, 7) is 1.41. The summed E-state index contributed by atoms with van der Waals surface area (Å²) in [4.78, 5) is 39.3. The van der Waals surface area contributed by atoms with E-state index in [9.17, 15) is 14.4 Å². The number of piperidine rings is 1. The number of likely N-dealkylation sites (N-methyl/N-ethyl adjacent to an activating group) is 1. The molecule has 0 unspecified atom stereocenters. The third-order valence-corrected chi connectivity index (χ3v) is 5.20. The van der Waals surface area contributed by atoms with Crippen LogP contribution >= 0.6 is 0 Å². The van der Waals surface area contributed by atoms with E-state index in [1.54, 1.807) is 30.1 Å². The standard InChI is InChI=1S/C20H26N2O5/c1-21(12-18(23)22-10-8-15(9-11-22)20(25)26)19(24)16-4-2-3-5-17(16)27-13-14-6-7-14/h2-5,14-15H,6-13H2,1H3,(H,25,26). The minimum Gasteiger partial charge on any atom is -0.492 e. The Morgan fingerprint density at radius 3 is 2.44 bits per heavy atom. The normalized spacial score (nSPS) is 17.4. The Balaban J connectivity index is 1.56. The summed E-state index contributed by atoms with van der Waals surface area (Å²) in [5.74, 6) is -0.473. The smallest absolute Gasteiger partial charge is 0.306 e. The molecule has 0 aromatic heterocycles. The van der Waals surface area contributed by atoms with E-state index < -0.39 is 5.97 Å². The van der Waals surface area contributed by atoms with Gasteiger partial charge in [0.1, 0.15) is 5.75 Å². The summed E-state index contributed by atoms with van der Waals surface area (Å²) in [5, 5.41) is 9.05. The minimum atomic E-state index is -0.808. The number of rotatable bonds is 7. The van der Waals surface area contributed by atoms with Gasteiger partial charge in [0, 0.05) is 20.1 Å². The third kappa shape index (κ3) is 4.99. The number of carbonyl (C=O) groups excluding carboxylic acids is 2. The van der Waals surface area contributed by atoms with Crippen LogP contribution in [0.3, 0.4) is 0 Å². The van der Waals surface area contributed by atoms with Gasteiger partial charge in [-0.15, -0.1) is 0 Å². The van der Waals surface area contributed by atoms with Gasteiger partial charge in [0.15, 0.2) is 0 Å². The van der Waals surface area contributed by atoms with Crippen molar-refractivity contribution in [1.29, 1.82) is 0 Å². The van der Waals surface area contributed by atoms with Crippen molar-refractivity contribution in [2.45, 2.75) is 25.7 Å². The molecule has 7 nitrogen and oxygen atoms in total. The van der Waals surface area contributed by atoms with Crippen LogP contribution in [-0.2, 0) is 9.59 Å². The number of likely N-dealkylation sites (tertiary alicyclic amines) is 1. The molecule has 1 aromatic carbocycles. The van der Waals surface area contributed by atoms with Gasteiger partial charge in [-0.1, -0.05) is 12.1 Å². The zero-order valence-electron chi connectivity index (χ0n) is 15.6. The number of ether oxygens (including phenoxy) is 1. The van der Waals surface area contributed by atoms with Gasteiger partial charge in [0.05, 0.1) is 24.6 Å². The molecular formula is C20H26N2O5. The lowest BCUT2D eigenvalue weighted by Crippen LogP contribution is -2.45. The molecule has 0 radical (unpaired) electrons. The molecule has 2 fully saturated rings. The highest BCUT2D eigenvalue weighted by molar-refractivity contribution is 5.98. The molecule has 2 aliphatic rings. The van der Waals surface area contributed by atoms with Gasteiger partial charge >= 0.3 is 5.97 Å². The van der Waals surface area contributed by atoms with Crippen molar-refractivity contribution in [2.24, 2.45) is 11.8 Å². The van der Waals surface area contributed by atoms with Crippen molar-refractivity contribution in [3.05, 3.63) is 29.8 Å². The SMILES string of the molecule is CN(CC(=O)N1CCC(C(=O)O)CC1)C(=O)c1ccccc1OCC1CC1. The van der Waals surface area contributed by atoms with Crippen molar-refractivity contribution < 1.29 is 24.2 Å². The number of aliphatic carboxylic acids is 1. The molecule has 1 saturated heterocycles. The number of hydrogen-bond acceptors (Lipinski definition) is 4. The summed E-state index contributed by atoms with van der Waals surface area (Å²) < 4.78 is 5.79. The zero-order valence-corrected chi connectivity index (χ0v) is 15.6. The van der Waals surface area contributed by atoms with E-state index in [1.165, 1.54) is 17.7 Å². The van der Waals surface area contributed by atoms with Gasteiger partial charge in [-0.25, -0.2) is 0 Å². The van der Waals surface area contributed by atoms with Crippen LogP contribution in [0.15, 0.2) is 24.3 Å². The van der Waals surface area contributed by atoms with Gasteiger partial charge in [-0.3, -0.25) is 14.4 Å². The Morgan fingerprint density at radius 1 is 1.15 bits per heavy atom. The summed E-state index contributed by atoms with van der Waals surface area (Å²) in [7, 11) is 1.60. The van der Waals surface area contributed by atoms with E-state index in [1.807, 2.05) is 6.07 Å². The van der Waals surface area contributed by atoms with Crippen LogP contribution in [0.2, 0.25) is 0 Å². The van der Waals surface area contributed by atoms with Crippen molar-refractivity contribution in [2.75, 3.05) is 33.3 Å². The summed E-state index contributed by atoms with van der Waals surface area (Å²) in [6, 6.07) is 7.10. The number of hydrogen-bond donors (Lipinski definition) is 1. The van der Waals surface area contributed by atoms with E-state index in [0.717, 1.165) is 0 Å². The van der Waals surface area contributed by atoms with Crippen LogP contribution in [0.1, 0.15) is 36.0 Å². The molecule has 1 saturated carbocycles. The van der Waals surface area contributed by atoms with Gasteiger partial charge in [-0.2, -0.15) is 0 Å². The quantitative estimate of drug-likeness (QED) is 0.787. The van der Waals surface area contributed by atoms with Crippen LogP contribution in [-0.4, -0.2) is 66.0 Å². The molecule has 0 spiro atoms. The Labute approximate surface area is 158 Å². The first-order valence-corrected chi connectivity index (χ1v) is 9.43. The van der Waals surface area contributed by atoms with Gasteiger partial charge in [0.2, 0.25) is 5.91 Å². The van der Waals surface area contributed by atoms with Crippen LogP contribution in [0, 0.1) is 11.8 Å². The second-order valence-corrected chi connectivity index (χ2v) is 7.41.